The number of hydrogen-bond donors (Lipinski definition) is 1. The average Bonchev–Trinajstić information content (AvgIpc) is 3.18. The summed E-state index contributed by atoms with van der Waals surface area (Å²) < 4.78 is 3.83. The lowest BCUT2D eigenvalue weighted by Gasteiger charge is -2.33. The molecular formula is C23H26N4O2S. The quantitative estimate of drug-likeness (QED) is 0.659. The third-order valence-corrected chi connectivity index (χ3v) is 4.91. The van der Waals surface area contributed by atoms with Crippen LogP contribution in [0.4, 0.5) is 5.69 Å². The van der Waals surface area contributed by atoms with Gasteiger partial charge in [-0.3, -0.25) is 14.5 Å². The van der Waals surface area contributed by atoms with Gasteiger partial charge in [-0.2, -0.15) is 0 Å². The highest BCUT2D eigenvalue weighted by Crippen LogP contribution is 2.31. The maximum Gasteiger partial charge on any atom is 0.280 e. The van der Waals surface area contributed by atoms with Gasteiger partial charge in [-0.05, 0) is 75.0 Å². The van der Waals surface area contributed by atoms with Crippen LogP contribution < -0.4 is 10.2 Å². The van der Waals surface area contributed by atoms with Crippen molar-refractivity contribution in [1.82, 2.24) is 14.9 Å². The molecule has 6 nitrogen and oxygen atoms in total. The third kappa shape index (κ3) is 5.10. The van der Waals surface area contributed by atoms with E-state index in [0.29, 0.717) is 5.69 Å². The number of carbonyl (C=O) groups is 2. The molecule has 0 bridgehead atoms. The van der Waals surface area contributed by atoms with Crippen molar-refractivity contribution in [1.29, 1.82) is 0 Å². The van der Waals surface area contributed by atoms with E-state index in [-0.39, 0.29) is 17.5 Å². The van der Waals surface area contributed by atoms with Crippen molar-refractivity contribution in [2.75, 3.05) is 4.90 Å². The second kappa shape index (κ2) is 8.75. The Bertz CT molecular complexity index is 1010. The molecule has 3 rings (SSSR count). The van der Waals surface area contributed by atoms with Crippen LogP contribution in [0.2, 0.25) is 0 Å². The van der Waals surface area contributed by atoms with Crippen LogP contribution >= 0.6 is 11.5 Å². The molecule has 0 aliphatic heterocycles. The first kappa shape index (κ1) is 21.6. The molecule has 3 aromatic rings. The molecule has 1 atom stereocenters. The Kier molecular flexibility index (Phi) is 6.31. The van der Waals surface area contributed by atoms with Crippen molar-refractivity contribution in [3.8, 4) is 0 Å². The van der Waals surface area contributed by atoms with Crippen LogP contribution in [0.25, 0.3) is 0 Å². The summed E-state index contributed by atoms with van der Waals surface area (Å²) in [5.41, 5.74) is 3.12. The molecule has 0 aliphatic carbocycles. The van der Waals surface area contributed by atoms with Gasteiger partial charge < -0.3 is 5.32 Å². The second-order valence-corrected chi connectivity index (χ2v) is 8.97. The second-order valence-electron chi connectivity index (χ2n) is 8.36. The van der Waals surface area contributed by atoms with Crippen LogP contribution in [0.5, 0.6) is 0 Å². The number of hydrogen-bond acceptors (Lipinski definition) is 5. The molecule has 7 heteroatoms. The molecule has 2 amide bonds. The number of carbonyl (C=O) groups excluding carboxylic acids is 2. The first-order chi connectivity index (χ1) is 14.2. The number of rotatable bonds is 5. The van der Waals surface area contributed by atoms with Crippen molar-refractivity contribution >= 4 is 29.0 Å². The van der Waals surface area contributed by atoms with Gasteiger partial charge in [-0.25, -0.2) is 0 Å². The van der Waals surface area contributed by atoms with Crippen LogP contribution in [-0.2, 0) is 4.79 Å². The zero-order valence-corrected chi connectivity index (χ0v) is 18.7. The summed E-state index contributed by atoms with van der Waals surface area (Å²) in [5.74, 6) is -0.629. The largest absolute Gasteiger partial charge is 0.349 e. The van der Waals surface area contributed by atoms with E-state index >= 15 is 0 Å². The molecule has 1 unspecified atom stereocenters. The smallest absolute Gasteiger partial charge is 0.280 e. The standard InChI is InChI=1S/C23H26N4O2S/c1-15-11-16(2)13-18(12-15)27(22(29)19-14-30-26-25-19)20(17-9-7-6-8-10-17)21(28)24-23(3,4)5/h6-14,20H,1-5H3,(H,24,28). The minimum atomic E-state index is -0.860. The predicted molar refractivity (Wildman–Crippen MR) is 120 cm³/mol. The molecule has 2 aromatic carbocycles. The number of benzene rings is 2. The van der Waals surface area contributed by atoms with Gasteiger partial charge in [0, 0.05) is 16.6 Å². The Morgan fingerprint density at radius 1 is 1.03 bits per heavy atom. The van der Waals surface area contributed by atoms with E-state index < -0.39 is 11.6 Å². The van der Waals surface area contributed by atoms with Gasteiger partial charge in [0.25, 0.3) is 5.91 Å². The fraction of sp³-hybridized carbons (Fsp3) is 0.304. The Labute approximate surface area is 181 Å². The van der Waals surface area contributed by atoms with E-state index in [9.17, 15) is 9.59 Å². The van der Waals surface area contributed by atoms with Crippen LogP contribution in [0.3, 0.4) is 0 Å². The lowest BCUT2D eigenvalue weighted by atomic mass is 9.99. The van der Waals surface area contributed by atoms with Gasteiger partial charge in [0.15, 0.2) is 5.69 Å². The Morgan fingerprint density at radius 2 is 1.67 bits per heavy atom. The summed E-state index contributed by atoms with van der Waals surface area (Å²) in [6.45, 7) is 9.69. The number of nitrogens with zero attached hydrogens (tertiary/aromatic N) is 3. The molecule has 1 aromatic heterocycles. The highest BCUT2D eigenvalue weighted by atomic mass is 32.1. The van der Waals surface area contributed by atoms with Crippen molar-refractivity contribution in [2.24, 2.45) is 0 Å². The Morgan fingerprint density at radius 3 is 2.20 bits per heavy atom. The predicted octanol–water partition coefficient (Wildman–Crippen LogP) is 4.46. The minimum absolute atomic E-state index is 0.212. The van der Waals surface area contributed by atoms with Crippen LogP contribution in [-0.4, -0.2) is 26.9 Å². The van der Waals surface area contributed by atoms with Crippen LogP contribution in [0.15, 0.2) is 53.9 Å². The topological polar surface area (TPSA) is 75.2 Å². The molecule has 0 aliphatic rings. The zero-order chi connectivity index (χ0) is 21.9. The molecule has 0 fully saturated rings. The maximum atomic E-state index is 13.6. The molecule has 1 heterocycles. The van der Waals surface area contributed by atoms with E-state index in [1.54, 1.807) is 5.38 Å². The monoisotopic (exact) mass is 422 g/mol. The van der Waals surface area contributed by atoms with Gasteiger partial charge in [0.05, 0.1) is 0 Å². The number of nitrogens with one attached hydrogen (secondary N) is 1. The van der Waals surface area contributed by atoms with Gasteiger partial charge in [-0.15, -0.1) is 5.10 Å². The third-order valence-electron chi connectivity index (χ3n) is 4.40. The number of amides is 2. The first-order valence-corrected chi connectivity index (χ1v) is 10.6. The number of aromatic nitrogens is 2. The lowest BCUT2D eigenvalue weighted by molar-refractivity contribution is -0.123. The van der Waals surface area contributed by atoms with Crippen molar-refractivity contribution in [3.63, 3.8) is 0 Å². The molecule has 1 N–H and O–H groups in total. The zero-order valence-electron chi connectivity index (χ0n) is 17.8. The molecule has 30 heavy (non-hydrogen) atoms. The lowest BCUT2D eigenvalue weighted by Crippen LogP contribution is -2.49. The summed E-state index contributed by atoms with van der Waals surface area (Å²) >= 11 is 1.10. The summed E-state index contributed by atoms with van der Waals surface area (Å²) in [4.78, 5) is 28.6. The first-order valence-electron chi connectivity index (χ1n) is 9.71. The summed E-state index contributed by atoms with van der Waals surface area (Å²) in [7, 11) is 0. The summed E-state index contributed by atoms with van der Waals surface area (Å²) in [5, 5.41) is 8.59. The normalized spacial score (nSPS) is 12.3. The van der Waals surface area contributed by atoms with Crippen LogP contribution in [0.1, 0.15) is 54.0 Å². The van der Waals surface area contributed by atoms with Crippen molar-refractivity contribution < 1.29 is 9.59 Å². The number of aryl methyl sites for hydroxylation is 2. The van der Waals surface area contributed by atoms with Crippen molar-refractivity contribution in [3.05, 3.63) is 76.3 Å². The molecule has 0 radical (unpaired) electrons. The van der Waals surface area contributed by atoms with E-state index in [0.717, 1.165) is 28.2 Å². The van der Waals surface area contributed by atoms with Gasteiger partial charge >= 0.3 is 0 Å². The van der Waals surface area contributed by atoms with E-state index in [1.165, 1.54) is 4.90 Å². The van der Waals surface area contributed by atoms with E-state index in [1.807, 2.05) is 83.1 Å². The average molecular weight is 423 g/mol. The fourth-order valence-electron chi connectivity index (χ4n) is 3.35. The molecule has 0 saturated carbocycles. The summed E-state index contributed by atoms with van der Waals surface area (Å²) in [6, 6.07) is 14.3. The fourth-order valence-corrected chi connectivity index (χ4v) is 3.78. The molecule has 156 valence electrons. The SMILES string of the molecule is Cc1cc(C)cc(N(C(=O)c2csnn2)C(C(=O)NC(C)(C)C)c2ccccc2)c1. The van der Waals surface area contributed by atoms with Gasteiger partial charge in [0.2, 0.25) is 5.91 Å². The Balaban J connectivity index is 2.20. The Hall–Kier alpha value is -3.06. The highest BCUT2D eigenvalue weighted by molar-refractivity contribution is 7.03. The van der Waals surface area contributed by atoms with Crippen molar-refractivity contribution in [2.45, 2.75) is 46.2 Å². The minimum Gasteiger partial charge on any atom is -0.349 e. The molecule has 0 spiro atoms. The number of anilines is 1. The maximum absolute atomic E-state index is 13.6. The highest BCUT2D eigenvalue weighted by Gasteiger charge is 2.35. The molecule has 0 saturated heterocycles. The van der Waals surface area contributed by atoms with Crippen LogP contribution in [0, 0.1) is 13.8 Å². The van der Waals surface area contributed by atoms with Gasteiger partial charge in [0.1, 0.15) is 6.04 Å². The molecular weight excluding hydrogens is 396 g/mol. The summed E-state index contributed by atoms with van der Waals surface area (Å²) in [6.07, 6.45) is 0. The van der Waals surface area contributed by atoms with Gasteiger partial charge in [-0.1, -0.05) is 40.9 Å². The van der Waals surface area contributed by atoms with E-state index in [4.69, 9.17) is 0 Å². The van der Waals surface area contributed by atoms with E-state index in [2.05, 4.69) is 14.9 Å².